The molecule has 2 saturated heterocycles. The van der Waals surface area contributed by atoms with Crippen molar-refractivity contribution in [2.45, 2.75) is 122 Å². The molecule has 0 saturated carbocycles. The summed E-state index contributed by atoms with van der Waals surface area (Å²) in [4.78, 5) is 39.6. The number of nitrogens with one attached hydrogen (secondary N) is 3. The summed E-state index contributed by atoms with van der Waals surface area (Å²) < 4.78 is 38.9. The zero-order chi connectivity index (χ0) is 48.9. The molecule has 6 aromatic heterocycles. The summed E-state index contributed by atoms with van der Waals surface area (Å²) in [5.41, 5.74) is 3.51. The molecule has 4 N–H and O–H groups in total. The number of halogens is 1. The first-order valence-electron chi connectivity index (χ1n) is 23.8. The number of aryl methyl sites for hydroxylation is 3. The molecule has 2 aliphatic heterocycles. The monoisotopic (exact) mass is 952 g/mol. The van der Waals surface area contributed by atoms with Crippen molar-refractivity contribution in [3.8, 4) is 11.8 Å². The number of carbonyl (C=O) groups is 1. The third kappa shape index (κ3) is 11.5. The number of aromatic nitrogens is 10. The van der Waals surface area contributed by atoms with Crippen LogP contribution in [-0.2, 0) is 36.1 Å². The summed E-state index contributed by atoms with van der Waals surface area (Å²) in [6.45, 7) is 16.5. The average molecular weight is 952 g/mol. The molecule has 3 atom stereocenters. The number of rotatable bonds is 22. The molecule has 69 heavy (non-hydrogen) atoms. The molecule has 20 nitrogen and oxygen atoms in total. The SMILES string of the molecule is C=CC(=O)N[C@@H]1CN(c2nc(Nc3cn(CCC(C)(C)OCCC(C)(C)Oc4ccc(CNc5cc(N6CCCC[C@H]6CCO)nc6c(CC)cnn56)cn4)nc3OC)c3ncn(C)c3n2)C[C@H]1F. The van der Waals surface area contributed by atoms with Gasteiger partial charge in [0.15, 0.2) is 22.6 Å². The molecule has 6 aromatic rings. The molecular formula is C48H66FN15O5. The van der Waals surface area contributed by atoms with Gasteiger partial charge in [-0.1, -0.05) is 19.6 Å². The van der Waals surface area contributed by atoms with Gasteiger partial charge in [0.1, 0.15) is 29.1 Å². The van der Waals surface area contributed by atoms with Crippen LogP contribution in [0.3, 0.4) is 0 Å². The minimum atomic E-state index is -1.31. The summed E-state index contributed by atoms with van der Waals surface area (Å²) in [5, 5.41) is 28.7. The fourth-order valence-corrected chi connectivity index (χ4v) is 8.81. The summed E-state index contributed by atoms with van der Waals surface area (Å²) in [6.07, 6.45) is 13.1. The summed E-state index contributed by atoms with van der Waals surface area (Å²) in [7, 11) is 3.37. The lowest BCUT2D eigenvalue weighted by molar-refractivity contribution is -0.117. The molecule has 0 aromatic carbocycles. The van der Waals surface area contributed by atoms with Gasteiger partial charge in [-0.3, -0.25) is 9.48 Å². The van der Waals surface area contributed by atoms with E-state index in [1.54, 1.807) is 27.6 Å². The second-order valence-corrected chi connectivity index (χ2v) is 19.0. The zero-order valence-corrected chi connectivity index (χ0v) is 40.8. The maximum atomic E-state index is 15.0. The number of amides is 1. The van der Waals surface area contributed by atoms with Crippen LogP contribution in [-0.4, -0.2) is 129 Å². The lowest BCUT2D eigenvalue weighted by Crippen LogP contribution is -2.40. The number of hydrogen-bond donors (Lipinski definition) is 4. The molecule has 1 amide bonds. The molecule has 0 spiro atoms. The van der Waals surface area contributed by atoms with Crippen molar-refractivity contribution in [1.82, 2.24) is 54.2 Å². The van der Waals surface area contributed by atoms with Crippen LogP contribution in [0.25, 0.3) is 16.8 Å². The fraction of sp³-hybridized carbons (Fsp3) is 0.542. The van der Waals surface area contributed by atoms with Gasteiger partial charge in [-0.2, -0.15) is 19.6 Å². The van der Waals surface area contributed by atoms with E-state index in [1.165, 1.54) is 0 Å². The summed E-state index contributed by atoms with van der Waals surface area (Å²) >= 11 is 0. The molecule has 0 aliphatic carbocycles. The standard InChI is InChI=1S/C48H66FN15O5/c1-9-32-26-53-64-37(23-38(56-43(32)64)63-19-12-11-13-33(63)16-21-65)50-24-31-14-15-40(51-25-31)69-48(5,6)18-22-68-47(3,4)17-20-62-29-36(45(59-62)67-8)55-42-41-44(60(7)30-52-41)58-46(57-42)61-27-34(49)35(28-61)54-39(66)10-2/h10,14-15,23,25-26,29-30,33-35,50,65H,2,9,11-13,16-22,24,27-28H2,1,3-8H3,(H,54,66)(H,55,57,58)/t33-,34+,35+/m0/s1. The highest BCUT2D eigenvalue weighted by atomic mass is 19.1. The first kappa shape index (κ1) is 48.8. The predicted molar refractivity (Wildman–Crippen MR) is 262 cm³/mol. The summed E-state index contributed by atoms with van der Waals surface area (Å²) in [6, 6.07) is 5.52. The molecule has 2 fully saturated rings. The minimum absolute atomic E-state index is 0.0121. The molecule has 8 rings (SSSR count). The van der Waals surface area contributed by atoms with E-state index in [4.69, 9.17) is 24.2 Å². The third-order valence-corrected chi connectivity index (χ3v) is 12.9. The van der Waals surface area contributed by atoms with E-state index in [0.717, 1.165) is 73.1 Å². The van der Waals surface area contributed by atoms with Crippen molar-refractivity contribution in [1.29, 1.82) is 0 Å². The number of anilines is 5. The molecular weight excluding hydrogens is 886 g/mol. The van der Waals surface area contributed by atoms with Crippen LogP contribution in [0.2, 0.25) is 0 Å². The lowest BCUT2D eigenvalue weighted by atomic mass is 9.99. The third-order valence-electron chi connectivity index (χ3n) is 12.9. The van der Waals surface area contributed by atoms with Crippen LogP contribution in [0.1, 0.15) is 84.3 Å². The topological polar surface area (TPSA) is 212 Å². The Kier molecular flexibility index (Phi) is 14.8. The van der Waals surface area contributed by atoms with Gasteiger partial charge in [0.05, 0.1) is 50.6 Å². The number of carbonyl (C=O) groups excluding carboxylic acids is 1. The predicted octanol–water partition coefficient (Wildman–Crippen LogP) is 5.93. The second kappa shape index (κ2) is 20.9. The van der Waals surface area contributed by atoms with Gasteiger partial charge in [0.25, 0.3) is 5.88 Å². The van der Waals surface area contributed by atoms with Gasteiger partial charge in [0, 0.05) is 76.2 Å². The van der Waals surface area contributed by atoms with E-state index in [0.29, 0.717) is 72.9 Å². The Hall–Kier alpha value is -6.61. The van der Waals surface area contributed by atoms with Crippen LogP contribution in [0.15, 0.2) is 55.8 Å². The number of aliphatic hydroxyl groups excluding tert-OH is 1. The van der Waals surface area contributed by atoms with E-state index in [-0.39, 0.29) is 25.7 Å². The number of alkyl halides is 1. The highest BCUT2D eigenvalue weighted by Gasteiger charge is 2.36. The molecule has 2 aliphatic rings. The van der Waals surface area contributed by atoms with Crippen LogP contribution >= 0.6 is 0 Å². The average Bonchev–Trinajstić information content (AvgIpc) is 4.13. The number of pyridine rings is 1. The number of nitrogens with zero attached hydrogens (tertiary/aromatic N) is 12. The van der Waals surface area contributed by atoms with E-state index in [9.17, 15) is 14.3 Å². The Morgan fingerprint density at radius 1 is 1.06 bits per heavy atom. The quantitative estimate of drug-likeness (QED) is 0.0581. The number of fused-ring (bicyclic) bond motifs is 2. The second-order valence-electron chi connectivity index (χ2n) is 19.0. The number of imidazole rings is 1. The number of piperidine rings is 1. The maximum absolute atomic E-state index is 15.0. The molecule has 21 heteroatoms. The van der Waals surface area contributed by atoms with Crippen molar-refractivity contribution in [3.05, 3.63) is 66.9 Å². The van der Waals surface area contributed by atoms with Gasteiger partial charge in [-0.15, -0.1) is 5.10 Å². The largest absolute Gasteiger partial charge is 0.478 e. The Morgan fingerprint density at radius 3 is 2.65 bits per heavy atom. The van der Waals surface area contributed by atoms with E-state index in [1.807, 2.05) is 56.1 Å². The zero-order valence-electron chi connectivity index (χ0n) is 40.8. The van der Waals surface area contributed by atoms with Gasteiger partial charge >= 0.3 is 0 Å². The molecule has 0 radical (unpaired) electrons. The highest BCUT2D eigenvalue weighted by Crippen LogP contribution is 2.33. The Morgan fingerprint density at radius 2 is 1.90 bits per heavy atom. The minimum Gasteiger partial charge on any atom is -0.478 e. The van der Waals surface area contributed by atoms with E-state index in [2.05, 4.69) is 79.4 Å². The molecule has 0 bridgehead atoms. The van der Waals surface area contributed by atoms with Crippen molar-refractivity contribution >= 4 is 51.8 Å². The normalized spacial score (nSPS) is 17.7. The fourth-order valence-electron chi connectivity index (χ4n) is 8.81. The first-order chi connectivity index (χ1) is 33.2. The van der Waals surface area contributed by atoms with Crippen molar-refractivity contribution in [3.63, 3.8) is 0 Å². The summed E-state index contributed by atoms with van der Waals surface area (Å²) in [5.74, 6) is 2.91. The Labute approximate surface area is 401 Å². The van der Waals surface area contributed by atoms with Crippen molar-refractivity contribution < 1.29 is 28.5 Å². The Bertz CT molecular complexity index is 2720. The van der Waals surface area contributed by atoms with Crippen LogP contribution in [0, 0.1) is 0 Å². The van der Waals surface area contributed by atoms with Crippen molar-refractivity contribution in [2.75, 3.05) is 60.4 Å². The van der Waals surface area contributed by atoms with E-state index < -0.39 is 29.3 Å². The Balaban J connectivity index is 0.838. The number of aliphatic hydroxyl groups is 1. The van der Waals surface area contributed by atoms with E-state index >= 15 is 0 Å². The first-order valence-corrected chi connectivity index (χ1v) is 23.8. The highest BCUT2D eigenvalue weighted by molar-refractivity contribution is 5.88. The number of ether oxygens (including phenoxy) is 3. The molecule has 0 unspecified atom stereocenters. The van der Waals surface area contributed by atoms with Gasteiger partial charge in [0.2, 0.25) is 17.7 Å². The maximum Gasteiger partial charge on any atom is 0.256 e. The van der Waals surface area contributed by atoms with Gasteiger partial charge in [-0.25, -0.2) is 19.3 Å². The van der Waals surface area contributed by atoms with Crippen LogP contribution in [0.4, 0.5) is 33.5 Å². The number of methoxy groups -OCH3 is 1. The van der Waals surface area contributed by atoms with Gasteiger partial charge < -0.3 is 49.6 Å². The number of hydrogen-bond acceptors (Lipinski definition) is 16. The molecule has 8 heterocycles. The van der Waals surface area contributed by atoms with Crippen LogP contribution in [0.5, 0.6) is 11.8 Å². The smallest absolute Gasteiger partial charge is 0.256 e. The lowest BCUT2D eigenvalue weighted by Gasteiger charge is -2.36. The molecule has 370 valence electrons. The van der Waals surface area contributed by atoms with Crippen molar-refractivity contribution in [2.24, 2.45) is 7.05 Å². The van der Waals surface area contributed by atoms with Gasteiger partial charge in [-0.05, 0) is 77.9 Å². The van der Waals surface area contributed by atoms with Crippen LogP contribution < -0.4 is 35.2 Å².